The van der Waals surface area contributed by atoms with Gasteiger partial charge in [0, 0.05) is 49.4 Å². The summed E-state index contributed by atoms with van der Waals surface area (Å²) in [5.41, 5.74) is 0.936. The van der Waals surface area contributed by atoms with Crippen LogP contribution >= 0.6 is 35.3 Å². The second-order valence-corrected chi connectivity index (χ2v) is 7.76. The van der Waals surface area contributed by atoms with Gasteiger partial charge in [0.25, 0.3) is 0 Å². The zero-order valence-electron chi connectivity index (χ0n) is 17.5. The fourth-order valence-corrected chi connectivity index (χ4v) is 3.64. The average Bonchev–Trinajstić information content (AvgIpc) is 3.14. The lowest BCUT2D eigenvalue weighted by Gasteiger charge is -2.14. The van der Waals surface area contributed by atoms with E-state index in [0.29, 0.717) is 13.2 Å². The quantitative estimate of drug-likeness (QED) is 0.192. The number of nitrogens with zero attached hydrogens (tertiary/aromatic N) is 1. The van der Waals surface area contributed by atoms with E-state index >= 15 is 0 Å². The zero-order valence-corrected chi connectivity index (χ0v) is 20.7. The summed E-state index contributed by atoms with van der Waals surface area (Å²) in [4.78, 5) is 6.10. The minimum Gasteiger partial charge on any atom is -0.490 e. The maximum absolute atomic E-state index is 5.80. The van der Waals surface area contributed by atoms with Gasteiger partial charge < -0.3 is 24.8 Å². The molecule has 0 aliphatic carbocycles. The topological polar surface area (TPSA) is 64.1 Å². The summed E-state index contributed by atoms with van der Waals surface area (Å²) in [6, 6.07) is 10.2. The molecule has 1 aromatic heterocycles. The molecule has 30 heavy (non-hydrogen) atoms. The molecule has 1 aromatic carbocycles. The number of thiophene rings is 1. The van der Waals surface area contributed by atoms with Crippen LogP contribution < -0.4 is 20.1 Å². The van der Waals surface area contributed by atoms with Crippen LogP contribution in [0.1, 0.15) is 31.1 Å². The summed E-state index contributed by atoms with van der Waals surface area (Å²) in [5.74, 6) is 2.36. The Morgan fingerprint density at radius 2 is 2.03 bits per heavy atom. The molecule has 2 aromatic rings. The fourth-order valence-electron chi connectivity index (χ4n) is 2.93. The van der Waals surface area contributed by atoms with Crippen LogP contribution in [0.5, 0.6) is 11.5 Å². The van der Waals surface area contributed by atoms with Gasteiger partial charge in [-0.25, -0.2) is 0 Å². The highest BCUT2D eigenvalue weighted by atomic mass is 127. The van der Waals surface area contributed by atoms with E-state index in [9.17, 15) is 0 Å². The van der Waals surface area contributed by atoms with Crippen LogP contribution in [-0.4, -0.2) is 45.5 Å². The molecule has 2 N–H and O–H groups in total. The first-order chi connectivity index (χ1) is 14.3. The van der Waals surface area contributed by atoms with Crippen LogP contribution in [0.3, 0.4) is 0 Å². The van der Waals surface area contributed by atoms with Gasteiger partial charge in [0.15, 0.2) is 17.5 Å². The van der Waals surface area contributed by atoms with Crippen LogP contribution in [0.15, 0.2) is 40.7 Å². The van der Waals surface area contributed by atoms with Gasteiger partial charge in [0.05, 0.1) is 13.2 Å². The van der Waals surface area contributed by atoms with E-state index in [2.05, 4.69) is 28.1 Å². The maximum Gasteiger partial charge on any atom is 0.195 e. The third-order valence-electron chi connectivity index (χ3n) is 4.43. The van der Waals surface area contributed by atoms with Crippen LogP contribution in [0.2, 0.25) is 0 Å². The summed E-state index contributed by atoms with van der Waals surface area (Å²) in [5, 5.41) is 8.96. The molecule has 0 unspecified atom stereocenters. The van der Waals surface area contributed by atoms with Crippen LogP contribution in [-0.2, 0) is 11.2 Å². The minimum absolute atomic E-state index is 0. The van der Waals surface area contributed by atoms with E-state index in [1.807, 2.05) is 25.1 Å². The van der Waals surface area contributed by atoms with Gasteiger partial charge >= 0.3 is 0 Å². The number of fused-ring (bicyclic) bond motifs is 1. The Balaban J connectivity index is 0.00000320. The molecule has 8 heteroatoms. The molecule has 0 saturated heterocycles. The monoisotopic (exact) mass is 545 g/mol. The second-order valence-electron chi connectivity index (χ2n) is 6.73. The highest BCUT2D eigenvalue weighted by molar-refractivity contribution is 14.0. The Hall–Kier alpha value is -1.52. The predicted molar refractivity (Wildman–Crippen MR) is 135 cm³/mol. The summed E-state index contributed by atoms with van der Waals surface area (Å²) >= 11 is 1.78. The lowest BCUT2D eigenvalue weighted by molar-refractivity contribution is 0.144. The van der Waals surface area contributed by atoms with Crippen molar-refractivity contribution in [3.05, 3.63) is 40.6 Å². The number of halogens is 1. The largest absolute Gasteiger partial charge is 0.490 e. The lowest BCUT2D eigenvalue weighted by atomic mass is 10.2. The van der Waals surface area contributed by atoms with Crippen molar-refractivity contribution in [3.8, 4) is 11.5 Å². The number of ether oxygens (including phenoxy) is 3. The summed E-state index contributed by atoms with van der Waals surface area (Å²) in [6.45, 7) is 6.54. The first kappa shape index (κ1) is 24.7. The molecule has 3 rings (SSSR count). The van der Waals surface area contributed by atoms with Gasteiger partial charge in [-0.3, -0.25) is 4.99 Å². The molecule has 166 valence electrons. The van der Waals surface area contributed by atoms with Crippen molar-refractivity contribution in [1.82, 2.24) is 5.32 Å². The molecule has 0 radical (unpaired) electrons. The number of benzene rings is 1. The molecule has 0 saturated carbocycles. The zero-order chi connectivity index (χ0) is 20.2. The molecular weight excluding hydrogens is 513 g/mol. The van der Waals surface area contributed by atoms with Crippen molar-refractivity contribution in [2.45, 2.75) is 32.6 Å². The van der Waals surface area contributed by atoms with Crippen LogP contribution in [0, 0.1) is 0 Å². The van der Waals surface area contributed by atoms with Gasteiger partial charge in [-0.05, 0) is 49.8 Å². The molecule has 1 aliphatic heterocycles. The number of rotatable bonds is 10. The molecule has 2 heterocycles. The van der Waals surface area contributed by atoms with E-state index in [1.165, 1.54) is 4.88 Å². The highest BCUT2D eigenvalue weighted by Crippen LogP contribution is 2.32. The lowest BCUT2D eigenvalue weighted by Crippen LogP contribution is -2.32. The minimum atomic E-state index is 0. The van der Waals surface area contributed by atoms with Crippen molar-refractivity contribution in [2.75, 3.05) is 44.8 Å². The Bertz CT molecular complexity index is 756. The number of hydrogen-bond acceptors (Lipinski definition) is 5. The highest BCUT2D eigenvalue weighted by Gasteiger charge is 2.11. The van der Waals surface area contributed by atoms with Gasteiger partial charge in [0.2, 0.25) is 0 Å². The summed E-state index contributed by atoms with van der Waals surface area (Å²) < 4.78 is 16.9. The Kier molecular flexibility index (Phi) is 11.9. The van der Waals surface area contributed by atoms with E-state index in [4.69, 9.17) is 19.2 Å². The Morgan fingerprint density at radius 3 is 2.83 bits per heavy atom. The third-order valence-corrected chi connectivity index (χ3v) is 5.36. The number of unbranched alkanes of at least 4 members (excludes halogenated alkanes) is 1. The van der Waals surface area contributed by atoms with E-state index < -0.39 is 0 Å². The van der Waals surface area contributed by atoms with E-state index in [-0.39, 0.29) is 24.0 Å². The molecule has 1 aliphatic rings. The number of guanidine groups is 1. The summed E-state index contributed by atoms with van der Waals surface area (Å²) in [7, 11) is 0. The Morgan fingerprint density at radius 1 is 1.17 bits per heavy atom. The summed E-state index contributed by atoms with van der Waals surface area (Å²) in [6.07, 6.45) is 3.89. The van der Waals surface area contributed by atoms with E-state index in [1.54, 1.807) is 11.3 Å². The SMILES string of the molecule is CCOCCCCN=C(NCCc1cccs1)Nc1ccc2c(c1)OCCCO2.I. The Labute approximate surface area is 200 Å². The maximum atomic E-state index is 5.80. The molecule has 0 atom stereocenters. The first-order valence-electron chi connectivity index (χ1n) is 10.4. The first-order valence-corrected chi connectivity index (χ1v) is 11.3. The average molecular weight is 545 g/mol. The van der Waals surface area contributed by atoms with Gasteiger partial charge in [-0.1, -0.05) is 6.07 Å². The van der Waals surface area contributed by atoms with Gasteiger partial charge in [-0.2, -0.15) is 0 Å². The van der Waals surface area contributed by atoms with Crippen molar-refractivity contribution in [2.24, 2.45) is 4.99 Å². The number of anilines is 1. The second kappa shape index (κ2) is 14.5. The van der Waals surface area contributed by atoms with Crippen LogP contribution in [0.4, 0.5) is 5.69 Å². The molecule has 0 spiro atoms. The number of hydrogen-bond donors (Lipinski definition) is 2. The predicted octanol–water partition coefficient (Wildman–Crippen LogP) is 4.94. The number of aliphatic imine (C=N–C) groups is 1. The van der Waals surface area contributed by atoms with Crippen molar-refractivity contribution in [1.29, 1.82) is 0 Å². The van der Waals surface area contributed by atoms with Crippen molar-refractivity contribution >= 4 is 47.0 Å². The normalized spacial score (nSPS) is 13.3. The van der Waals surface area contributed by atoms with Crippen molar-refractivity contribution < 1.29 is 14.2 Å². The standard InChI is InChI=1S/C22H31N3O3S.HI/c1-2-26-13-4-3-11-23-22(24-12-10-19-7-5-16-29-19)25-18-8-9-20-21(17-18)28-15-6-14-27-20;/h5,7-9,16-17H,2-4,6,10-15H2,1H3,(H2,23,24,25);1H. The van der Waals surface area contributed by atoms with E-state index in [0.717, 1.165) is 75.1 Å². The molecule has 0 amide bonds. The molecule has 0 bridgehead atoms. The van der Waals surface area contributed by atoms with Gasteiger partial charge in [0.1, 0.15) is 0 Å². The van der Waals surface area contributed by atoms with Crippen LogP contribution in [0.25, 0.3) is 0 Å². The van der Waals surface area contributed by atoms with Crippen molar-refractivity contribution in [3.63, 3.8) is 0 Å². The molecular formula is C22H32IN3O3S. The third kappa shape index (κ3) is 8.69. The molecule has 6 nitrogen and oxygen atoms in total. The fraction of sp³-hybridized carbons (Fsp3) is 0.500. The molecule has 0 fully saturated rings. The smallest absolute Gasteiger partial charge is 0.195 e. The van der Waals surface area contributed by atoms with Gasteiger partial charge in [-0.15, -0.1) is 35.3 Å². The number of nitrogens with one attached hydrogen (secondary N) is 2.